The zero-order chi connectivity index (χ0) is 9.54. The van der Waals surface area contributed by atoms with Gasteiger partial charge in [0.05, 0.1) is 0 Å². The predicted molar refractivity (Wildman–Crippen MR) is 58.5 cm³/mol. The molecule has 1 heteroatoms. The van der Waals surface area contributed by atoms with E-state index in [4.69, 9.17) is 0 Å². The molecule has 3 rings (SSSR count). The highest BCUT2D eigenvalue weighted by Crippen LogP contribution is 2.28. The van der Waals surface area contributed by atoms with Gasteiger partial charge in [-0.05, 0) is 49.3 Å². The van der Waals surface area contributed by atoms with Crippen LogP contribution in [0.5, 0.6) is 0 Å². The van der Waals surface area contributed by atoms with Gasteiger partial charge >= 0.3 is 0 Å². The van der Waals surface area contributed by atoms with Gasteiger partial charge in [0.1, 0.15) is 0 Å². The van der Waals surface area contributed by atoms with Gasteiger partial charge in [0, 0.05) is 12.1 Å². The lowest BCUT2D eigenvalue weighted by Gasteiger charge is -2.10. The number of hydrogen-bond acceptors (Lipinski definition) is 1. The van der Waals surface area contributed by atoms with Crippen LogP contribution in [0.4, 0.5) is 0 Å². The van der Waals surface area contributed by atoms with E-state index in [9.17, 15) is 0 Å². The molecule has 0 bridgehead atoms. The van der Waals surface area contributed by atoms with E-state index in [0.717, 1.165) is 12.1 Å². The summed E-state index contributed by atoms with van der Waals surface area (Å²) in [6.45, 7) is 2.23. The average Bonchev–Trinajstić information content (AvgIpc) is 2.84. The highest BCUT2D eigenvalue weighted by atomic mass is 15.0. The standard InChI is InChI=1S/C13H17N/c1-9-3-2-4-10-7-12(8-13(9)10)14-11-5-6-11/h2-4,11-12,14H,5-8H2,1H3. The Balaban J connectivity index is 1.78. The Morgan fingerprint density at radius 2 is 2.00 bits per heavy atom. The molecule has 1 saturated carbocycles. The van der Waals surface area contributed by atoms with Gasteiger partial charge in [-0.25, -0.2) is 0 Å². The molecule has 1 N–H and O–H groups in total. The fraction of sp³-hybridized carbons (Fsp3) is 0.538. The molecule has 1 fully saturated rings. The first-order chi connectivity index (χ1) is 6.83. The third-order valence-corrected chi connectivity index (χ3v) is 3.47. The van der Waals surface area contributed by atoms with Crippen LogP contribution in [0.15, 0.2) is 18.2 Å². The number of nitrogens with one attached hydrogen (secondary N) is 1. The summed E-state index contributed by atoms with van der Waals surface area (Å²) in [5.74, 6) is 0. The topological polar surface area (TPSA) is 12.0 Å². The van der Waals surface area contributed by atoms with E-state index in [-0.39, 0.29) is 0 Å². The summed E-state index contributed by atoms with van der Waals surface area (Å²) in [7, 11) is 0. The zero-order valence-electron chi connectivity index (χ0n) is 8.72. The van der Waals surface area contributed by atoms with Crippen LogP contribution in [0.3, 0.4) is 0 Å². The molecule has 0 aliphatic heterocycles. The Kier molecular flexibility index (Phi) is 1.88. The van der Waals surface area contributed by atoms with Crippen molar-refractivity contribution >= 4 is 0 Å². The summed E-state index contributed by atoms with van der Waals surface area (Å²) in [5.41, 5.74) is 4.65. The van der Waals surface area contributed by atoms with Crippen LogP contribution in [0.25, 0.3) is 0 Å². The number of hydrogen-bond donors (Lipinski definition) is 1. The van der Waals surface area contributed by atoms with Crippen LogP contribution in [0.2, 0.25) is 0 Å². The molecule has 14 heavy (non-hydrogen) atoms. The van der Waals surface area contributed by atoms with Gasteiger partial charge in [0.15, 0.2) is 0 Å². The number of rotatable bonds is 2. The minimum atomic E-state index is 0.721. The van der Waals surface area contributed by atoms with Crippen molar-refractivity contribution < 1.29 is 0 Å². The summed E-state index contributed by atoms with van der Waals surface area (Å²) < 4.78 is 0. The molecule has 0 heterocycles. The van der Waals surface area contributed by atoms with E-state index in [1.807, 2.05) is 0 Å². The quantitative estimate of drug-likeness (QED) is 0.748. The molecule has 2 aliphatic carbocycles. The maximum atomic E-state index is 3.73. The van der Waals surface area contributed by atoms with E-state index < -0.39 is 0 Å². The first-order valence-electron chi connectivity index (χ1n) is 5.66. The molecule has 1 unspecified atom stereocenters. The second kappa shape index (κ2) is 3.09. The predicted octanol–water partition coefficient (Wildman–Crippen LogP) is 2.21. The van der Waals surface area contributed by atoms with E-state index in [2.05, 4.69) is 30.4 Å². The van der Waals surface area contributed by atoms with Gasteiger partial charge in [0.2, 0.25) is 0 Å². The van der Waals surface area contributed by atoms with Gasteiger partial charge < -0.3 is 5.32 Å². The molecule has 1 aromatic rings. The van der Waals surface area contributed by atoms with Crippen molar-refractivity contribution in [2.75, 3.05) is 0 Å². The lowest BCUT2D eigenvalue weighted by atomic mass is 10.1. The Morgan fingerprint density at radius 3 is 2.71 bits per heavy atom. The van der Waals surface area contributed by atoms with E-state index in [1.54, 1.807) is 11.1 Å². The number of aryl methyl sites for hydroxylation is 1. The number of fused-ring (bicyclic) bond motifs is 1. The van der Waals surface area contributed by atoms with E-state index in [0.29, 0.717) is 0 Å². The Hall–Kier alpha value is -0.820. The summed E-state index contributed by atoms with van der Waals surface area (Å²) >= 11 is 0. The van der Waals surface area contributed by atoms with Crippen molar-refractivity contribution in [1.82, 2.24) is 5.32 Å². The minimum Gasteiger partial charge on any atom is -0.311 e. The molecule has 0 amide bonds. The second-order valence-corrected chi connectivity index (χ2v) is 4.76. The van der Waals surface area contributed by atoms with E-state index in [1.165, 1.54) is 31.2 Å². The van der Waals surface area contributed by atoms with Crippen LogP contribution < -0.4 is 5.32 Å². The molecule has 1 atom stereocenters. The van der Waals surface area contributed by atoms with Crippen molar-refractivity contribution in [1.29, 1.82) is 0 Å². The smallest absolute Gasteiger partial charge is 0.0151 e. The molecule has 0 aromatic heterocycles. The number of benzene rings is 1. The van der Waals surface area contributed by atoms with Crippen LogP contribution in [0.1, 0.15) is 29.5 Å². The van der Waals surface area contributed by atoms with Gasteiger partial charge in [-0.3, -0.25) is 0 Å². The van der Waals surface area contributed by atoms with Crippen molar-refractivity contribution in [2.45, 2.75) is 44.7 Å². The van der Waals surface area contributed by atoms with Crippen molar-refractivity contribution in [3.63, 3.8) is 0 Å². The third-order valence-electron chi connectivity index (χ3n) is 3.47. The molecule has 0 radical (unpaired) electrons. The molecule has 74 valence electrons. The summed E-state index contributed by atoms with van der Waals surface area (Å²) in [6.07, 6.45) is 5.28. The zero-order valence-corrected chi connectivity index (χ0v) is 8.72. The molecule has 0 saturated heterocycles. The molecular weight excluding hydrogens is 170 g/mol. The SMILES string of the molecule is Cc1cccc2c1CC(NC1CC1)C2. The van der Waals surface area contributed by atoms with Gasteiger partial charge in [-0.2, -0.15) is 0 Å². The lowest BCUT2D eigenvalue weighted by Crippen LogP contribution is -2.31. The minimum absolute atomic E-state index is 0.721. The van der Waals surface area contributed by atoms with Gasteiger partial charge in [-0.15, -0.1) is 0 Å². The first-order valence-corrected chi connectivity index (χ1v) is 5.66. The maximum Gasteiger partial charge on any atom is 0.0151 e. The first kappa shape index (κ1) is 8.49. The van der Waals surface area contributed by atoms with Crippen LogP contribution in [0, 0.1) is 6.92 Å². The largest absolute Gasteiger partial charge is 0.311 e. The Bertz CT molecular complexity index is 352. The molecule has 0 spiro atoms. The van der Waals surface area contributed by atoms with Gasteiger partial charge in [-0.1, -0.05) is 18.2 Å². The summed E-state index contributed by atoms with van der Waals surface area (Å²) in [4.78, 5) is 0. The summed E-state index contributed by atoms with van der Waals surface area (Å²) in [5, 5.41) is 3.73. The maximum absolute atomic E-state index is 3.73. The van der Waals surface area contributed by atoms with Crippen LogP contribution in [-0.2, 0) is 12.8 Å². The second-order valence-electron chi connectivity index (χ2n) is 4.76. The highest BCUT2D eigenvalue weighted by Gasteiger charge is 2.28. The fourth-order valence-electron chi connectivity index (χ4n) is 2.53. The van der Waals surface area contributed by atoms with Crippen LogP contribution in [-0.4, -0.2) is 12.1 Å². The molecule has 2 aliphatic rings. The van der Waals surface area contributed by atoms with Crippen molar-refractivity contribution in [2.24, 2.45) is 0 Å². The Morgan fingerprint density at radius 1 is 1.14 bits per heavy atom. The fourth-order valence-corrected chi connectivity index (χ4v) is 2.53. The molecule has 1 nitrogen and oxygen atoms in total. The lowest BCUT2D eigenvalue weighted by molar-refractivity contribution is 0.530. The third kappa shape index (κ3) is 1.46. The Labute approximate surface area is 85.5 Å². The van der Waals surface area contributed by atoms with Crippen molar-refractivity contribution in [3.8, 4) is 0 Å². The molecular formula is C13H17N. The normalized spacial score (nSPS) is 25.1. The monoisotopic (exact) mass is 187 g/mol. The van der Waals surface area contributed by atoms with Gasteiger partial charge in [0.25, 0.3) is 0 Å². The van der Waals surface area contributed by atoms with Crippen LogP contribution >= 0.6 is 0 Å². The van der Waals surface area contributed by atoms with Crippen molar-refractivity contribution in [3.05, 3.63) is 34.9 Å². The highest BCUT2D eigenvalue weighted by molar-refractivity contribution is 5.39. The average molecular weight is 187 g/mol. The molecule has 1 aromatic carbocycles. The summed E-state index contributed by atoms with van der Waals surface area (Å²) in [6, 6.07) is 8.27. The van der Waals surface area contributed by atoms with E-state index >= 15 is 0 Å².